The van der Waals surface area contributed by atoms with E-state index in [1.165, 1.54) is 6.42 Å². The average Bonchev–Trinajstić information content (AvgIpc) is 3.61. The highest BCUT2D eigenvalue weighted by molar-refractivity contribution is 6.00. The van der Waals surface area contributed by atoms with Gasteiger partial charge in [0.25, 0.3) is 0 Å². The number of benzene rings is 3. The maximum absolute atomic E-state index is 6.27. The molecule has 0 saturated carbocycles. The van der Waals surface area contributed by atoms with Crippen LogP contribution < -0.4 is 15.4 Å². The molecule has 1 unspecified atom stereocenters. The van der Waals surface area contributed by atoms with Gasteiger partial charge in [-0.2, -0.15) is 0 Å². The normalized spacial score (nSPS) is 14.8. The van der Waals surface area contributed by atoms with Gasteiger partial charge in [0.15, 0.2) is 5.82 Å². The number of fused-ring (bicyclic) bond motifs is 1. The van der Waals surface area contributed by atoms with Gasteiger partial charge in [-0.15, -0.1) is 10.2 Å². The van der Waals surface area contributed by atoms with E-state index in [1.807, 2.05) is 84.9 Å². The van der Waals surface area contributed by atoms with E-state index in [1.54, 1.807) is 12.4 Å². The molecular weight excluding hydrogens is 598 g/mol. The predicted octanol–water partition coefficient (Wildman–Crippen LogP) is 7.12. The SMILES string of the molecule is CN(C)C1CCN(CCCNc2nccc(-c3cccnc3Oc3ccc(Nc4nnc(-c5ccccc5)c5ccccc45)cc3)n2)C1. The van der Waals surface area contributed by atoms with Gasteiger partial charge in [0, 0.05) is 53.5 Å². The number of anilines is 3. The van der Waals surface area contributed by atoms with Gasteiger partial charge in [0.1, 0.15) is 11.4 Å². The molecule has 1 fully saturated rings. The van der Waals surface area contributed by atoms with Crippen molar-refractivity contribution in [3.8, 4) is 34.1 Å². The molecule has 0 amide bonds. The van der Waals surface area contributed by atoms with Gasteiger partial charge in [-0.3, -0.25) is 0 Å². The smallest absolute Gasteiger partial charge is 0.228 e. The molecule has 6 aromatic rings. The van der Waals surface area contributed by atoms with Gasteiger partial charge in [-0.25, -0.2) is 15.0 Å². The number of ether oxygens (including phenoxy) is 1. The summed E-state index contributed by atoms with van der Waals surface area (Å²) in [5, 5.41) is 18.0. The standard InChI is InChI=1S/C38H39N9O/c1-46(2)29-20-25-47(26-29)24-9-22-40-38-41-23-19-34(43-38)33-14-8-21-39-37(33)48-30-17-15-28(16-18-30)42-36-32-13-7-6-12-31(32)35(44-45-36)27-10-4-3-5-11-27/h3-8,10-19,21,23,29H,9,20,22,24-26H2,1-2H3,(H,42,45)(H,40,41,43). The van der Waals surface area contributed by atoms with E-state index in [0.717, 1.165) is 71.6 Å². The van der Waals surface area contributed by atoms with E-state index in [0.29, 0.717) is 29.4 Å². The Labute approximate surface area is 280 Å². The lowest BCUT2D eigenvalue weighted by Gasteiger charge is -2.20. The van der Waals surface area contributed by atoms with Crippen LogP contribution in [0.5, 0.6) is 11.6 Å². The van der Waals surface area contributed by atoms with Crippen molar-refractivity contribution in [2.24, 2.45) is 0 Å². The third-order valence-corrected chi connectivity index (χ3v) is 8.68. The van der Waals surface area contributed by atoms with Gasteiger partial charge in [-0.1, -0.05) is 54.6 Å². The number of hydrogen-bond donors (Lipinski definition) is 2. The van der Waals surface area contributed by atoms with Gasteiger partial charge in [-0.05, 0) is 82.5 Å². The van der Waals surface area contributed by atoms with Crippen molar-refractivity contribution in [2.45, 2.75) is 18.9 Å². The van der Waals surface area contributed by atoms with Crippen molar-refractivity contribution >= 4 is 28.2 Å². The number of nitrogens with zero attached hydrogens (tertiary/aromatic N) is 7. The lowest BCUT2D eigenvalue weighted by Crippen LogP contribution is -2.32. The predicted molar refractivity (Wildman–Crippen MR) is 192 cm³/mol. The van der Waals surface area contributed by atoms with Crippen LogP contribution in [-0.2, 0) is 0 Å². The Balaban J connectivity index is 1.00. The minimum absolute atomic E-state index is 0.473. The second-order valence-corrected chi connectivity index (χ2v) is 12.2. The highest BCUT2D eigenvalue weighted by Crippen LogP contribution is 2.33. The van der Waals surface area contributed by atoms with Crippen molar-refractivity contribution in [2.75, 3.05) is 50.9 Å². The van der Waals surface area contributed by atoms with Gasteiger partial charge in [0.05, 0.1) is 11.3 Å². The fraction of sp³-hybridized carbons (Fsp3) is 0.237. The molecule has 4 heterocycles. The summed E-state index contributed by atoms with van der Waals surface area (Å²) in [5.74, 6) is 2.41. The number of rotatable bonds is 12. The summed E-state index contributed by atoms with van der Waals surface area (Å²) in [6.45, 7) is 4.17. The van der Waals surface area contributed by atoms with Crippen LogP contribution >= 0.6 is 0 Å². The molecule has 7 rings (SSSR count). The molecule has 0 radical (unpaired) electrons. The highest BCUT2D eigenvalue weighted by atomic mass is 16.5. The quantitative estimate of drug-likeness (QED) is 0.135. The second-order valence-electron chi connectivity index (χ2n) is 12.2. The number of pyridine rings is 1. The Morgan fingerprint density at radius 2 is 1.65 bits per heavy atom. The minimum atomic E-state index is 0.473. The summed E-state index contributed by atoms with van der Waals surface area (Å²) < 4.78 is 6.27. The second kappa shape index (κ2) is 14.5. The van der Waals surface area contributed by atoms with Gasteiger partial charge >= 0.3 is 0 Å². The fourth-order valence-corrected chi connectivity index (χ4v) is 6.06. The third-order valence-electron chi connectivity index (χ3n) is 8.68. The van der Waals surface area contributed by atoms with Crippen molar-refractivity contribution in [3.63, 3.8) is 0 Å². The van der Waals surface area contributed by atoms with Crippen LogP contribution in [0.2, 0.25) is 0 Å². The van der Waals surface area contributed by atoms with Crippen molar-refractivity contribution < 1.29 is 4.74 Å². The molecule has 0 spiro atoms. The maximum atomic E-state index is 6.27. The van der Waals surface area contributed by atoms with Crippen LogP contribution in [0.1, 0.15) is 12.8 Å². The van der Waals surface area contributed by atoms with E-state index in [4.69, 9.17) is 9.72 Å². The van der Waals surface area contributed by atoms with E-state index in [9.17, 15) is 0 Å². The molecule has 0 bridgehead atoms. The number of aromatic nitrogens is 5. The lowest BCUT2D eigenvalue weighted by atomic mass is 10.0. The summed E-state index contributed by atoms with van der Waals surface area (Å²) in [6, 6.07) is 32.4. The van der Waals surface area contributed by atoms with Gasteiger partial charge in [0.2, 0.25) is 11.8 Å². The zero-order chi connectivity index (χ0) is 32.7. The third kappa shape index (κ3) is 7.25. The monoisotopic (exact) mass is 637 g/mol. The van der Waals surface area contributed by atoms with Crippen LogP contribution in [0.15, 0.2) is 109 Å². The Morgan fingerprint density at radius 1 is 0.833 bits per heavy atom. The summed E-state index contributed by atoms with van der Waals surface area (Å²) in [4.78, 5) is 18.6. The van der Waals surface area contributed by atoms with E-state index in [-0.39, 0.29) is 0 Å². The minimum Gasteiger partial charge on any atom is -0.438 e. The number of likely N-dealkylation sites (tertiary alicyclic amines) is 1. The van der Waals surface area contributed by atoms with Crippen molar-refractivity contribution in [3.05, 3.63) is 109 Å². The van der Waals surface area contributed by atoms with E-state index < -0.39 is 0 Å². The van der Waals surface area contributed by atoms with E-state index >= 15 is 0 Å². The molecule has 48 heavy (non-hydrogen) atoms. The summed E-state index contributed by atoms with van der Waals surface area (Å²) in [5.41, 5.74) is 4.28. The van der Waals surface area contributed by atoms with Crippen LogP contribution in [0.4, 0.5) is 17.5 Å². The molecule has 3 aromatic heterocycles. The number of nitrogens with one attached hydrogen (secondary N) is 2. The first-order valence-corrected chi connectivity index (χ1v) is 16.4. The van der Waals surface area contributed by atoms with E-state index in [2.05, 4.69) is 66.8 Å². The Bertz CT molecular complexity index is 1970. The molecule has 242 valence electrons. The molecule has 2 N–H and O–H groups in total. The molecule has 1 saturated heterocycles. The largest absolute Gasteiger partial charge is 0.438 e. The van der Waals surface area contributed by atoms with Crippen LogP contribution in [-0.4, -0.2) is 81.3 Å². The zero-order valence-electron chi connectivity index (χ0n) is 27.3. The molecule has 1 aliphatic rings. The van der Waals surface area contributed by atoms with Crippen molar-refractivity contribution in [1.29, 1.82) is 0 Å². The first kappa shape index (κ1) is 31.2. The van der Waals surface area contributed by atoms with Gasteiger partial charge < -0.3 is 25.2 Å². The Hall–Kier alpha value is -5.45. The number of likely N-dealkylation sites (N-methyl/N-ethyl adjacent to an activating group) is 1. The van der Waals surface area contributed by atoms with Crippen LogP contribution in [0, 0.1) is 0 Å². The van der Waals surface area contributed by atoms with Crippen LogP contribution in [0.3, 0.4) is 0 Å². The summed E-state index contributed by atoms with van der Waals surface area (Å²) in [7, 11) is 4.33. The molecule has 1 aliphatic heterocycles. The highest BCUT2D eigenvalue weighted by Gasteiger charge is 2.23. The lowest BCUT2D eigenvalue weighted by molar-refractivity contribution is 0.268. The molecule has 1 atom stereocenters. The maximum Gasteiger partial charge on any atom is 0.228 e. The molecule has 3 aromatic carbocycles. The van der Waals surface area contributed by atoms with Crippen LogP contribution in [0.25, 0.3) is 33.3 Å². The summed E-state index contributed by atoms with van der Waals surface area (Å²) >= 11 is 0. The molecule has 10 nitrogen and oxygen atoms in total. The molecule has 10 heteroatoms. The topological polar surface area (TPSA) is 104 Å². The molecular formula is C38H39N9O. The Morgan fingerprint density at radius 3 is 2.46 bits per heavy atom. The van der Waals surface area contributed by atoms with Crippen molar-refractivity contribution in [1.82, 2.24) is 34.9 Å². The summed E-state index contributed by atoms with van der Waals surface area (Å²) in [6.07, 6.45) is 5.75. The fourth-order valence-electron chi connectivity index (χ4n) is 6.06. The molecule has 0 aliphatic carbocycles. The number of hydrogen-bond acceptors (Lipinski definition) is 10. The first-order valence-electron chi connectivity index (χ1n) is 16.4. The first-order chi connectivity index (χ1) is 23.6. The zero-order valence-corrected chi connectivity index (χ0v) is 27.3. The average molecular weight is 638 g/mol. The Kier molecular flexibility index (Phi) is 9.44.